The number of hydrogen-bond acceptors (Lipinski definition) is 5. The third-order valence-electron chi connectivity index (χ3n) is 2.05. The lowest BCUT2D eigenvalue weighted by atomic mass is 10.5. The zero-order chi connectivity index (χ0) is 13.2. The summed E-state index contributed by atoms with van der Waals surface area (Å²) in [6, 6.07) is 2.34. The average Bonchev–Trinajstić information content (AvgIpc) is 2.73. The highest BCUT2D eigenvalue weighted by Crippen LogP contribution is 2.09. The summed E-state index contributed by atoms with van der Waals surface area (Å²) in [5.41, 5.74) is 0. The van der Waals surface area contributed by atoms with Gasteiger partial charge in [-0.15, -0.1) is 0 Å². The molecule has 1 N–H and O–H groups in total. The molecule has 2 heterocycles. The van der Waals surface area contributed by atoms with Gasteiger partial charge in [0.25, 0.3) is 10.0 Å². The molecular formula is C9H10FN5O2S. The Morgan fingerprint density at radius 1 is 1.44 bits per heavy atom. The van der Waals surface area contributed by atoms with Crippen LogP contribution < -0.4 is 4.72 Å². The van der Waals surface area contributed by atoms with Crippen LogP contribution in [0.3, 0.4) is 0 Å². The van der Waals surface area contributed by atoms with Crippen LogP contribution in [0.2, 0.25) is 0 Å². The standard InChI is InChI=1S/C9H10FN5O2S/c1-15-6-12-8(14-15)5-13-18(16,17)9-7(10)3-2-4-11-9/h2-4,6,13H,5H2,1H3. The lowest BCUT2D eigenvalue weighted by Gasteiger charge is -2.04. The number of pyridine rings is 1. The van der Waals surface area contributed by atoms with Crippen molar-refractivity contribution in [3.63, 3.8) is 0 Å². The van der Waals surface area contributed by atoms with Gasteiger partial charge in [-0.05, 0) is 12.1 Å². The van der Waals surface area contributed by atoms with Crippen molar-refractivity contribution in [2.24, 2.45) is 7.05 Å². The Balaban J connectivity index is 2.16. The molecule has 0 radical (unpaired) electrons. The monoisotopic (exact) mass is 271 g/mol. The molecule has 0 aliphatic carbocycles. The highest BCUT2D eigenvalue weighted by Gasteiger charge is 2.20. The number of aryl methyl sites for hydroxylation is 1. The Kier molecular flexibility index (Phi) is 3.34. The minimum Gasteiger partial charge on any atom is -0.256 e. The molecule has 0 aliphatic heterocycles. The molecule has 96 valence electrons. The third-order valence-corrected chi connectivity index (χ3v) is 3.38. The number of aromatic nitrogens is 4. The first-order valence-electron chi connectivity index (χ1n) is 4.94. The van der Waals surface area contributed by atoms with Crippen molar-refractivity contribution in [3.05, 3.63) is 36.3 Å². The van der Waals surface area contributed by atoms with Crippen LogP contribution in [-0.2, 0) is 23.6 Å². The highest BCUT2D eigenvalue weighted by atomic mass is 32.2. The molecule has 0 aliphatic rings. The predicted molar refractivity (Wildman–Crippen MR) is 59.2 cm³/mol. The average molecular weight is 271 g/mol. The van der Waals surface area contributed by atoms with Gasteiger partial charge in [-0.3, -0.25) is 4.68 Å². The van der Waals surface area contributed by atoms with Crippen molar-refractivity contribution in [1.29, 1.82) is 0 Å². The number of rotatable bonds is 4. The first-order valence-corrected chi connectivity index (χ1v) is 6.42. The van der Waals surface area contributed by atoms with Gasteiger partial charge in [0.15, 0.2) is 11.6 Å². The Hall–Kier alpha value is -1.87. The predicted octanol–water partition coefficient (Wildman–Crippen LogP) is -0.172. The quantitative estimate of drug-likeness (QED) is 0.833. The molecule has 9 heteroatoms. The van der Waals surface area contributed by atoms with E-state index < -0.39 is 20.9 Å². The SMILES string of the molecule is Cn1cnc(CNS(=O)(=O)c2ncccc2F)n1. The largest absolute Gasteiger partial charge is 0.261 e. The fraction of sp³-hybridized carbons (Fsp3) is 0.222. The first-order chi connectivity index (χ1) is 8.49. The molecule has 7 nitrogen and oxygen atoms in total. The Morgan fingerprint density at radius 3 is 2.83 bits per heavy atom. The van der Waals surface area contributed by atoms with Gasteiger partial charge in [-0.2, -0.15) is 5.10 Å². The summed E-state index contributed by atoms with van der Waals surface area (Å²) in [5.74, 6) is -0.614. The van der Waals surface area contributed by atoms with Crippen molar-refractivity contribution in [3.8, 4) is 0 Å². The van der Waals surface area contributed by atoms with Crippen LogP contribution in [0.15, 0.2) is 29.7 Å². The Bertz CT molecular complexity index is 654. The maximum atomic E-state index is 13.3. The normalized spacial score (nSPS) is 11.7. The van der Waals surface area contributed by atoms with Gasteiger partial charge in [0.1, 0.15) is 6.33 Å². The number of hydrogen-bond donors (Lipinski definition) is 1. The minimum atomic E-state index is -4.01. The molecule has 0 atom stereocenters. The number of sulfonamides is 1. The fourth-order valence-electron chi connectivity index (χ4n) is 1.26. The van der Waals surface area contributed by atoms with Crippen LogP contribution in [0.25, 0.3) is 0 Å². The van der Waals surface area contributed by atoms with Crippen LogP contribution in [0.5, 0.6) is 0 Å². The zero-order valence-electron chi connectivity index (χ0n) is 9.41. The van der Waals surface area contributed by atoms with Crippen molar-refractivity contribution in [1.82, 2.24) is 24.5 Å². The number of nitrogens with one attached hydrogen (secondary N) is 1. The fourth-order valence-corrected chi connectivity index (χ4v) is 2.24. The Labute approximate surface area is 103 Å². The molecular weight excluding hydrogens is 261 g/mol. The second kappa shape index (κ2) is 4.78. The summed E-state index contributed by atoms with van der Waals surface area (Å²) in [6.07, 6.45) is 2.64. The molecule has 0 unspecified atom stereocenters. The maximum Gasteiger partial charge on any atom is 0.261 e. The van der Waals surface area contributed by atoms with E-state index in [2.05, 4.69) is 19.8 Å². The van der Waals surface area contributed by atoms with E-state index in [1.807, 2.05) is 0 Å². The molecule has 0 saturated heterocycles. The van der Waals surface area contributed by atoms with E-state index in [1.54, 1.807) is 7.05 Å². The third kappa shape index (κ3) is 2.68. The molecule has 0 aromatic carbocycles. The first kappa shape index (κ1) is 12.6. The van der Waals surface area contributed by atoms with Gasteiger partial charge in [0.2, 0.25) is 5.03 Å². The van der Waals surface area contributed by atoms with E-state index >= 15 is 0 Å². The van der Waals surface area contributed by atoms with E-state index in [9.17, 15) is 12.8 Å². The van der Waals surface area contributed by atoms with Gasteiger partial charge in [-0.1, -0.05) is 0 Å². The molecule has 2 aromatic heterocycles. The van der Waals surface area contributed by atoms with Gasteiger partial charge in [0.05, 0.1) is 6.54 Å². The summed E-state index contributed by atoms with van der Waals surface area (Å²) in [6.45, 7) is -0.126. The van der Waals surface area contributed by atoms with Crippen molar-refractivity contribution in [2.75, 3.05) is 0 Å². The molecule has 18 heavy (non-hydrogen) atoms. The smallest absolute Gasteiger partial charge is 0.256 e. The van der Waals surface area contributed by atoms with Gasteiger partial charge in [-0.25, -0.2) is 27.5 Å². The summed E-state index contributed by atoms with van der Waals surface area (Å²) in [7, 11) is -2.35. The van der Waals surface area contributed by atoms with Crippen molar-refractivity contribution in [2.45, 2.75) is 11.6 Å². The molecule has 2 rings (SSSR count). The summed E-state index contributed by atoms with van der Waals surface area (Å²) < 4.78 is 40.4. The summed E-state index contributed by atoms with van der Waals surface area (Å²) >= 11 is 0. The van der Waals surface area contributed by atoms with Gasteiger partial charge in [0, 0.05) is 13.2 Å². The molecule has 0 amide bonds. The molecule has 2 aromatic rings. The minimum absolute atomic E-state index is 0.126. The summed E-state index contributed by atoms with van der Waals surface area (Å²) in [4.78, 5) is 7.34. The summed E-state index contributed by atoms with van der Waals surface area (Å²) in [5, 5.41) is 3.26. The molecule has 0 saturated carbocycles. The van der Waals surface area contributed by atoms with Crippen LogP contribution in [-0.4, -0.2) is 28.2 Å². The van der Waals surface area contributed by atoms with Gasteiger partial charge < -0.3 is 0 Å². The molecule has 0 bridgehead atoms. The zero-order valence-corrected chi connectivity index (χ0v) is 10.2. The Morgan fingerprint density at radius 2 is 2.22 bits per heavy atom. The van der Waals surface area contributed by atoms with Crippen molar-refractivity contribution < 1.29 is 12.8 Å². The second-order valence-corrected chi connectivity index (χ2v) is 5.13. The van der Waals surface area contributed by atoms with E-state index in [-0.39, 0.29) is 12.4 Å². The van der Waals surface area contributed by atoms with E-state index in [4.69, 9.17) is 0 Å². The lowest BCUT2D eigenvalue weighted by molar-refractivity contribution is 0.543. The van der Waals surface area contributed by atoms with E-state index in [1.165, 1.54) is 23.3 Å². The lowest BCUT2D eigenvalue weighted by Crippen LogP contribution is -2.25. The van der Waals surface area contributed by atoms with Crippen molar-refractivity contribution >= 4 is 10.0 Å². The van der Waals surface area contributed by atoms with Crippen LogP contribution in [0.4, 0.5) is 4.39 Å². The van der Waals surface area contributed by atoms with Crippen LogP contribution in [0, 0.1) is 5.82 Å². The van der Waals surface area contributed by atoms with E-state index in [0.717, 1.165) is 6.07 Å². The van der Waals surface area contributed by atoms with Gasteiger partial charge >= 0.3 is 0 Å². The highest BCUT2D eigenvalue weighted by molar-refractivity contribution is 7.89. The maximum absolute atomic E-state index is 13.3. The number of halogens is 1. The number of nitrogens with zero attached hydrogens (tertiary/aromatic N) is 4. The van der Waals surface area contributed by atoms with Crippen LogP contribution in [0.1, 0.15) is 5.82 Å². The molecule has 0 fully saturated rings. The van der Waals surface area contributed by atoms with E-state index in [0.29, 0.717) is 0 Å². The topological polar surface area (TPSA) is 89.8 Å². The van der Waals surface area contributed by atoms with Crippen LogP contribution >= 0.6 is 0 Å². The molecule has 0 spiro atoms. The second-order valence-electron chi connectivity index (χ2n) is 3.45.